The highest BCUT2D eigenvalue weighted by atomic mass is 35.5. The van der Waals surface area contributed by atoms with E-state index >= 15 is 0 Å². The van der Waals surface area contributed by atoms with Gasteiger partial charge in [-0.15, -0.1) is 0 Å². The van der Waals surface area contributed by atoms with Crippen LogP contribution in [0.25, 0.3) is 0 Å². The molecule has 0 unspecified atom stereocenters. The van der Waals surface area contributed by atoms with Crippen LogP contribution < -0.4 is 0 Å². The number of rotatable bonds is 9. The summed E-state index contributed by atoms with van der Waals surface area (Å²) in [7, 11) is -9.80. The molecule has 54 heavy (non-hydrogen) atoms. The Hall–Kier alpha value is -2.43. The van der Waals surface area contributed by atoms with Crippen molar-refractivity contribution in [3.63, 3.8) is 0 Å². The molecule has 0 aliphatic heterocycles. The molecule has 0 amide bonds. The third kappa shape index (κ3) is 33.0. The fraction of sp³-hybridized carbons (Fsp3) is 0.526. The maximum absolute atomic E-state index is 12.3. The van der Waals surface area contributed by atoms with Gasteiger partial charge in [-0.2, -0.15) is 16.8 Å². The monoisotopic (exact) mass is 855 g/mol. The van der Waals surface area contributed by atoms with Gasteiger partial charge in [0.2, 0.25) is 0 Å². The largest absolute Gasteiger partial charge is 0.381 e. The van der Waals surface area contributed by atoms with Crippen LogP contribution in [0.15, 0.2) is 78.0 Å². The van der Waals surface area contributed by atoms with Gasteiger partial charge < -0.3 is 4.74 Å². The summed E-state index contributed by atoms with van der Waals surface area (Å²) in [5.41, 5.74) is 0.773. The number of pyridine rings is 1. The van der Waals surface area contributed by atoms with Gasteiger partial charge in [-0.3, -0.25) is 18.1 Å². The summed E-state index contributed by atoms with van der Waals surface area (Å²) >= 11 is 11.8. The summed E-state index contributed by atoms with van der Waals surface area (Å²) in [5, 5.41) is 0.706. The molecule has 0 N–H and O–H groups in total. The average molecular weight is 857 g/mol. The van der Waals surface area contributed by atoms with Crippen LogP contribution in [0.4, 0.5) is 0 Å². The lowest BCUT2D eigenvalue weighted by Crippen LogP contribution is -2.17. The lowest BCUT2D eigenvalue weighted by atomic mass is 9.99. The number of hydrogen-bond acceptors (Lipinski definition) is 11. The fourth-order valence-corrected chi connectivity index (χ4v) is 5.11. The van der Waals surface area contributed by atoms with Gasteiger partial charge in [-0.1, -0.05) is 91.6 Å². The summed E-state index contributed by atoms with van der Waals surface area (Å²) in [6.07, 6.45) is 6.72. The zero-order valence-corrected chi connectivity index (χ0v) is 37.7. The molecule has 0 saturated heterocycles. The Balaban J connectivity index is 0. The number of carbonyl (C=O) groups is 1. The topological polar surface area (TPSA) is 160 Å². The second-order valence-electron chi connectivity index (χ2n) is 15.5. The molecule has 2 aromatic carbocycles. The molecule has 1 heterocycles. The number of aromatic nitrogens is 1. The van der Waals surface area contributed by atoms with E-state index in [1.165, 1.54) is 30.3 Å². The van der Waals surface area contributed by atoms with Crippen molar-refractivity contribution in [2.45, 2.75) is 74.1 Å². The molecule has 0 aliphatic carbocycles. The molecule has 3 rings (SSSR count). The van der Waals surface area contributed by atoms with Crippen LogP contribution in [-0.2, 0) is 43.2 Å². The number of hydrogen-bond donors (Lipinski definition) is 0. The molecule has 1 aromatic heterocycles. The van der Waals surface area contributed by atoms with Gasteiger partial charge in [0.15, 0.2) is 15.6 Å². The van der Waals surface area contributed by atoms with Gasteiger partial charge in [0, 0.05) is 41.4 Å². The Morgan fingerprint density at radius 3 is 1.33 bits per heavy atom. The van der Waals surface area contributed by atoms with Crippen LogP contribution >= 0.6 is 23.2 Å². The Morgan fingerprint density at radius 2 is 1.07 bits per heavy atom. The molecule has 308 valence electrons. The first-order valence-corrected chi connectivity index (χ1v) is 23.0. The predicted molar refractivity (Wildman–Crippen MR) is 220 cm³/mol. The summed E-state index contributed by atoms with van der Waals surface area (Å²) < 4.78 is 78.9. The maximum Gasteiger partial charge on any atom is 0.264 e. The van der Waals surface area contributed by atoms with E-state index in [0.29, 0.717) is 21.0 Å². The Kier molecular flexibility index (Phi) is 24.1. The Morgan fingerprint density at radius 1 is 0.648 bits per heavy atom. The van der Waals surface area contributed by atoms with Crippen molar-refractivity contribution < 1.29 is 43.2 Å². The molecule has 0 fully saturated rings. The molecule has 11 nitrogen and oxygen atoms in total. The normalized spacial score (nSPS) is 11.9. The first-order chi connectivity index (χ1) is 24.3. The molecule has 0 atom stereocenters. The molecule has 0 radical (unpaired) electrons. The number of ketones is 1. The zero-order chi connectivity index (χ0) is 42.6. The quantitative estimate of drug-likeness (QED) is 0.150. The van der Waals surface area contributed by atoms with E-state index in [9.17, 15) is 30.0 Å². The third-order valence-electron chi connectivity index (χ3n) is 5.44. The standard InChI is InChI=1S/C14H10Cl2O3S.C7H16O.2C6H14O3S.C5H5N/c1-20(18,19)11-5-2-9(3-6-11)14(17)12-8-10(15)4-7-13(12)16;1-5-8-6-7(2,3)4;2*1-6(2,3)5-9-10(4,7)8;1-2-4-6-5-3-1/h2-8H,1H3;5-6H2,1-4H3;2*5H2,1-4H3;1-5H. The van der Waals surface area contributed by atoms with Crippen molar-refractivity contribution in [1.82, 2.24) is 4.98 Å². The summed E-state index contributed by atoms with van der Waals surface area (Å²) in [6, 6.07) is 16.0. The molecule has 16 heteroatoms. The van der Waals surface area contributed by atoms with Crippen molar-refractivity contribution in [2.75, 3.05) is 45.2 Å². The van der Waals surface area contributed by atoms with E-state index in [0.717, 1.165) is 32.0 Å². The van der Waals surface area contributed by atoms with Crippen LogP contribution in [0.3, 0.4) is 0 Å². The first kappa shape index (κ1) is 53.7. The Labute approximate surface area is 335 Å². The number of ether oxygens (including phenoxy) is 1. The number of sulfone groups is 1. The van der Waals surface area contributed by atoms with Gasteiger partial charge in [-0.25, -0.2) is 8.42 Å². The number of halogens is 2. The first-order valence-electron chi connectivity index (χ1n) is 16.7. The highest BCUT2D eigenvalue weighted by molar-refractivity contribution is 7.90. The summed E-state index contributed by atoms with van der Waals surface area (Å²) in [5.74, 6) is -0.308. The summed E-state index contributed by atoms with van der Waals surface area (Å²) in [4.78, 5) is 16.2. The van der Waals surface area contributed by atoms with Gasteiger partial charge in [0.25, 0.3) is 20.2 Å². The second-order valence-corrected chi connectivity index (χ2v) is 21.7. The second kappa shape index (κ2) is 24.3. The zero-order valence-electron chi connectivity index (χ0n) is 33.8. The van der Waals surface area contributed by atoms with Gasteiger partial charge >= 0.3 is 0 Å². The van der Waals surface area contributed by atoms with Crippen molar-refractivity contribution in [2.24, 2.45) is 16.2 Å². The minimum Gasteiger partial charge on any atom is -0.381 e. The van der Waals surface area contributed by atoms with E-state index in [4.69, 9.17) is 27.9 Å². The van der Waals surface area contributed by atoms with Crippen molar-refractivity contribution in [3.8, 4) is 0 Å². The maximum atomic E-state index is 12.3. The number of carbonyl (C=O) groups excluding carboxylic acids is 1. The van der Waals surface area contributed by atoms with Crippen LogP contribution in [0.1, 0.15) is 85.2 Å². The highest BCUT2D eigenvalue weighted by Gasteiger charge is 2.16. The van der Waals surface area contributed by atoms with E-state index in [1.54, 1.807) is 24.5 Å². The smallest absolute Gasteiger partial charge is 0.264 e. The van der Waals surface area contributed by atoms with Crippen molar-refractivity contribution in [1.29, 1.82) is 0 Å². The van der Waals surface area contributed by atoms with Crippen LogP contribution in [0.5, 0.6) is 0 Å². The van der Waals surface area contributed by atoms with E-state index in [-0.39, 0.29) is 40.3 Å². The van der Waals surface area contributed by atoms with E-state index in [1.807, 2.05) is 66.7 Å². The molecular formula is C38H59Cl2NO10S3. The number of benzene rings is 2. The number of nitrogens with zero attached hydrogens (tertiary/aromatic N) is 1. The fourth-order valence-electron chi connectivity index (χ4n) is 2.97. The van der Waals surface area contributed by atoms with Crippen LogP contribution in [0, 0.1) is 16.2 Å². The van der Waals surface area contributed by atoms with E-state index in [2.05, 4.69) is 34.1 Å². The minimum atomic E-state index is -3.28. The third-order valence-corrected chi connectivity index (χ3v) is 8.22. The minimum absolute atomic E-state index is 0.0942. The Bertz CT molecular complexity index is 1780. The predicted octanol–water partition coefficient (Wildman–Crippen LogP) is 8.80. The average Bonchev–Trinajstić information content (AvgIpc) is 3.03. The van der Waals surface area contributed by atoms with Crippen LogP contribution in [-0.4, -0.2) is 81.2 Å². The van der Waals surface area contributed by atoms with Gasteiger partial charge in [0.1, 0.15) is 0 Å². The van der Waals surface area contributed by atoms with Crippen molar-refractivity contribution >= 4 is 59.1 Å². The van der Waals surface area contributed by atoms with Gasteiger partial charge in [0.05, 0.1) is 42.3 Å². The highest BCUT2D eigenvalue weighted by Crippen LogP contribution is 2.24. The SMILES string of the molecule is CC(C)(C)COS(C)(=O)=O.CC(C)(C)COS(C)(=O)=O.CCOCC(C)(C)C.CS(=O)(=O)c1ccc(C(=O)c2cc(Cl)ccc2Cl)cc1.c1ccncc1. The molecule has 3 aromatic rings. The molecule has 0 bridgehead atoms. The van der Waals surface area contributed by atoms with E-state index < -0.39 is 30.1 Å². The lowest BCUT2D eigenvalue weighted by molar-refractivity contribution is 0.0805. The van der Waals surface area contributed by atoms with Gasteiger partial charge in [-0.05, 0) is 77.8 Å². The molecule has 0 spiro atoms. The molecule has 0 saturated carbocycles. The summed E-state index contributed by atoms with van der Waals surface area (Å²) in [6.45, 7) is 22.2. The van der Waals surface area contributed by atoms with Crippen LogP contribution in [0.2, 0.25) is 10.0 Å². The van der Waals surface area contributed by atoms with Crippen molar-refractivity contribution in [3.05, 3.63) is 94.2 Å². The molecular weight excluding hydrogens is 798 g/mol. The molecule has 0 aliphatic rings. The lowest BCUT2D eigenvalue weighted by Gasteiger charge is -2.16.